The van der Waals surface area contributed by atoms with Crippen LogP contribution in [-0.2, 0) is 19.0 Å². The van der Waals surface area contributed by atoms with Crippen molar-refractivity contribution in [2.75, 3.05) is 25.1 Å². The summed E-state index contributed by atoms with van der Waals surface area (Å²) in [5, 5.41) is 24.1. The Morgan fingerprint density at radius 1 is 1.37 bits per heavy atom. The first-order valence-electron chi connectivity index (χ1n) is 9.63. The van der Waals surface area contributed by atoms with Gasteiger partial charge in [0.1, 0.15) is 31.2 Å². The number of imidazole rings is 1. The largest absolute Gasteiger partial charge is 0.499 e. The maximum Gasteiger partial charge on any atom is 0.221 e. The van der Waals surface area contributed by atoms with E-state index in [4.69, 9.17) is 19.9 Å². The third-order valence-corrected chi connectivity index (χ3v) is 5.01. The molecule has 2 fully saturated rings. The molecule has 30 heavy (non-hydrogen) atoms. The molecule has 1 amide bonds. The second-order valence-corrected chi connectivity index (χ2v) is 7.17. The van der Waals surface area contributed by atoms with Crippen LogP contribution < -0.4 is 11.1 Å². The van der Waals surface area contributed by atoms with Crippen LogP contribution in [0.1, 0.15) is 19.1 Å². The molecular formula is C18H24N6O6. The SMILES string of the molecule is NC(=O)CC=COC[C@H]1O[C@@H](n2cnc3c(N[C@@H]4CCOC4)ncnc32)[C@H](O)[C@@H]1O. The molecule has 2 aromatic heterocycles. The van der Waals surface area contributed by atoms with E-state index in [2.05, 4.69) is 20.3 Å². The van der Waals surface area contributed by atoms with Crippen LogP contribution in [0.4, 0.5) is 5.82 Å². The minimum absolute atomic E-state index is 0.0138. The van der Waals surface area contributed by atoms with E-state index in [1.165, 1.54) is 25.0 Å². The number of aliphatic hydroxyl groups excluding tert-OH is 2. The quantitative estimate of drug-likeness (QED) is 0.391. The summed E-state index contributed by atoms with van der Waals surface area (Å²) in [6.45, 7) is 1.28. The summed E-state index contributed by atoms with van der Waals surface area (Å²) in [4.78, 5) is 23.6. The molecule has 0 saturated carbocycles. The fourth-order valence-electron chi connectivity index (χ4n) is 3.46. The number of primary amides is 1. The number of amides is 1. The van der Waals surface area contributed by atoms with E-state index in [9.17, 15) is 15.0 Å². The minimum atomic E-state index is -1.21. The molecule has 0 radical (unpaired) electrons. The molecule has 2 aromatic rings. The van der Waals surface area contributed by atoms with Crippen molar-refractivity contribution in [2.45, 2.75) is 43.4 Å². The van der Waals surface area contributed by atoms with Gasteiger partial charge in [-0.1, -0.05) is 0 Å². The molecule has 5 N–H and O–H groups in total. The van der Waals surface area contributed by atoms with Crippen LogP contribution in [0.2, 0.25) is 0 Å². The lowest BCUT2D eigenvalue weighted by atomic mass is 10.1. The number of nitrogens with one attached hydrogen (secondary N) is 1. The number of hydrogen-bond acceptors (Lipinski definition) is 10. The second-order valence-electron chi connectivity index (χ2n) is 7.17. The third kappa shape index (κ3) is 4.21. The molecule has 4 heterocycles. The zero-order chi connectivity index (χ0) is 21.1. The molecule has 5 atom stereocenters. The molecule has 12 heteroatoms. The van der Waals surface area contributed by atoms with Crippen LogP contribution in [0.15, 0.2) is 25.0 Å². The van der Waals surface area contributed by atoms with Gasteiger partial charge < -0.3 is 35.5 Å². The van der Waals surface area contributed by atoms with E-state index >= 15 is 0 Å². The number of aliphatic hydroxyl groups is 2. The summed E-state index contributed by atoms with van der Waals surface area (Å²) < 4.78 is 18.0. The van der Waals surface area contributed by atoms with E-state index in [1.807, 2.05) is 0 Å². The van der Waals surface area contributed by atoms with Crippen molar-refractivity contribution < 1.29 is 29.2 Å². The molecule has 0 unspecified atom stereocenters. The molecule has 0 aromatic carbocycles. The van der Waals surface area contributed by atoms with E-state index in [-0.39, 0.29) is 19.1 Å². The van der Waals surface area contributed by atoms with Crippen molar-refractivity contribution in [2.24, 2.45) is 5.73 Å². The lowest BCUT2D eigenvalue weighted by molar-refractivity contribution is -0.117. The van der Waals surface area contributed by atoms with Crippen LogP contribution in [0, 0.1) is 0 Å². The van der Waals surface area contributed by atoms with E-state index in [0.717, 1.165) is 6.42 Å². The predicted octanol–water partition coefficient (Wildman–Crippen LogP) is -0.948. The van der Waals surface area contributed by atoms with Crippen molar-refractivity contribution in [3.8, 4) is 0 Å². The van der Waals surface area contributed by atoms with Crippen LogP contribution in [0.5, 0.6) is 0 Å². The first-order valence-corrected chi connectivity index (χ1v) is 9.63. The Hall–Kier alpha value is -2.80. The number of ether oxygens (including phenoxy) is 3. The number of carbonyl (C=O) groups excluding carboxylic acids is 1. The van der Waals surface area contributed by atoms with Gasteiger partial charge in [0.15, 0.2) is 23.2 Å². The molecule has 0 spiro atoms. The highest BCUT2D eigenvalue weighted by Crippen LogP contribution is 2.32. The summed E-state index contributed by atoms with van der Waals surface area (Å²) in [5.41, 5.74) is 6.03. The van der Waals surface area contributed by atoms with Gasteiger partial charge in [0.2, 0.25) is 5.91 Å². The molecule has 0 bridgehead atoms. The Bertz CT molecular complexity index is 914. The lowest BCUT2D eigenvalue weighted by Gasteiger charge is -2.17. The van der Waals surface area contributed by atoms with Crippen molar-refractivity contribution in [1.82, 2.24) is 19.5 Å². The fourth-order valence-corrected chi connectivity index (χ4v) is 3.46. The second kappa shape index (κ2) is 8.92. The van der Waals surface area contributed by atoms with Crippen molar-refractivity contribution >= 4 is 22.9 Å². The summed E-state index contributed by atoms with van der Waals surface area (Å²) >= 11 is 0. The molecule has 162 valence electrons. The van der Waals surface area contributed by atoms with Crippen molar-refractivity contribution in [3.05, 3.63) is 25.0 Å². The zero-order valence-corrected chi connectivity index (χ0v) is 16.1. The molecule has 0 aliphatic carbocycles. The van der Waals surface area contributed by atoms with Gasteiger partial charge in [-0.25, -0.2) is 15.0 Å². The van der Waals surface area contributed by atoms with Gasteiger partial charge in [-0.15, -0.1) is 0 Å². The topological polar surface area (TPSA) is 167 Å². The van der Waals surface area contributed by atoms with E-state index in [1.54, 1.807) is 4.57 Å². The standard InChI is InChI=1S/C18H24N6O6/c19-12(25)2-1-4-28-7-11-14(26)15(27)18(30-11)24-9-22-13-16(20-8-21-17(13)24)23-10-3-5-29-6-10/h1,4,8-11,14-15,18,26-27H,2-3,5-7H2,(H2,19,25)(H,20,21,23)/t10-,11-,14-,15-,18-/m1/s1. The monoisotopic (exact) mass is 420 g/mol. The van der Waals surface area contributed by atoms with Crippen LogP contribution in [-0.4, -0.2) is 79.8 Å². The van der Waals surface area contributed by atoms with Crippen LogP contribution in [0.25, 0.3) is 11.2 Å². The predicted molar refractivity (Wildman–Crippen MR) is 103 cm³/mol. The number of carbonyl (C=O) groups is 1. The summed E-state index contributed by atoms with van der Waals surface area (Å²) in [6, 6.07) is 0.146. The molecule has 12 nitrogen and oxygen atoms in total. The Morgan fingerprint density at radius 3 is 3.00 bits per heavy atom. The number of nitrogens with two attached hydrogens (primary N) is 1. The summed E-state index contributed by atoms with van der Waals surface area (Å²) in [6.07, 6.45) is 2.52. The van der Waals surface area contributed by atoms with Crippen molar-refractivity contribution in [1.29, 1.82) is 0 Å². The maximum atomic E-state index is 10.7. The summed E-state index contributed by atoms with van der Waals surface area (Å²) in [5.74, 6) is 0.0903. The Morgan fingerprint density at radius 2 is 2.23 bits per heavy atom. The minimum Gasteiger partial charge on any atom is -0.499 e. The highest BCUT2D eigenvalue weighted by atomic mass is 16.6. The van der Waals surface area contributed by atoms with Gasteiger partial charge in [-0.3, -0.25) is 9.36 Å². The molecule has 2 aliphatic heterocycles. The van der Waals surface area contributed by atoms with Crippen LogP contribution in [0.3, 0.4) is 0 Å². The van der Waals surface area contributed by atoms with Crippen LogP contribution >= 0.6 is 0 Å². The average molecular weight is 420 g/mol. The number of fused-ring (bicyclic) bond motifs is 1. The molecule has 2 aliphatic rings. The Labute approximate surface area is 171 Å². The van der Waals surface area contributed by atoms with Gasteiger partial charge in [0.25, 0.3) is 0 Å². The number of nitrogens with zero attached hydrogens (tertiary/aromatic N) is 4. The number of anilines is 1. The number of aromatic nitrogens is 4. The molecule has 2 saturated heterocycles. The Kier molecular flexibility index (Phi) is 6.08. The maximum absolute atomic E-state index is 10.7. The van der Waals surface area contributed by atoms with Gasteiger partial charge >= 0.3 is 0 Å². The number of rotatable bonds is 8. The summed E-state index contributed by atoms with van der Waals surface area (Å²) in [7, 11) is 0. The molecule has 4 rings (SSSR count). The lowest BCUT2D eigenvalue weighted by Crippen LogP contribution is -2.33. The normalized spacial score (nSPS) is 29.1. The fraction of sp³-hybridized carbons (Fsp3) is 0.556. The third-order valence-electron chi connectivity index (χ3n) is 5.01. The highest BCUT2D eigenvalue weighted by molar-refractivity contribution is 5.82. The van der Waals surface area contributed by atoms with E-state index in [0.29, 0.717) is 30.2 Å². The number of hydrogen-bond donors (Lipinski definition) is 4. The Balaban J connectivity index is 1.46. The smallest absolute Gasteiger partial charge is 0.221 e. The van der Waals surface area contributed by atoms with Crippen molar-refractivity contribution in [3.63, 3.8) is 0 Å². The van der Waals surface area contributed by atoms with E-state index < -0.39 is 30.4 Å². The van der Waals surface area contributed by atoms with Gasteiger partial charge in [0.05, 0.1) is 25.2 Å². The van der Waals surface area contributed by atoms with Gasteiger partial charge in [0, 0.05) is 13.0 Å². The first-order chi connectivity index (χ1) is 14.5. The zero-order valence-electron chi connectivity index (χ0n) is 16.1. The first kappa shape index (κ1) is 20.5. The highest BCUT2D eigenvalue weighted by Gasteiger charge is 2.44. The van der Waals surface area contributed by atoms with Gasteiger partial charge in [-0.2, -0.15) is 0 Å². The molecular weight excluding hydrogens is 396 g/mol. The van der Waals surface area contributed by atoms with Gasteiger partial charge in [-0.05, 0) is 12.5 Å². The average Bonchev–Trinajstić information content (AvgIpc) is 3.44.